The highest BCUT2D eigenvalue weighted by Crippen LogP contribution is 2.22. The largest absolute Gasteiger partial charge is 0.340 e. The van der Waals surface area contributed by atoms with E-state index in [2.05, 4.69) is 15.1 Å². The summed E-state index contributed by atoms with van der Waals surface area (Å²) in [7, 11) is 0. The van der Waals surface area contributed by atoms with Crippen LogP contribution in [0.2, 0.25) is 0 Å². The van der Waals surface area contributed by atoms with E-state index in [1.807, 2.05) is 5.38 Å². The van der Waals surface area contributed by atoms with Crippen molar-refractivity contribution in [1.29, 1.82) is 0 Å². The Balaban J connectivity index is 1.93. The minimum atomic E-state index is 0.606. The molecule has 6 heteroatoms. The molecule has 0 saturated carbocycles. The molecule has 2 heterocycles. The second kappa shape index (κ2) is 3.89. The van der Waals surface area contributed by atoms with Crippen molar-refractivity contribution >= 4 is 23.1 Å². The van der Waals surface area contributed by atoms with E-state index in [0.717, 1.165) is 10.2 Å². The minimum absolute atomic E-state index is 0.606. The summed E-state index contributed by atoms with van der Waals surface area (Å²) in [5.41, 5.74) is 0. The summed E-state index contributed by atoms with van der Waals surface area (Å²) in [4.78, 5) is 8.22. The van der Waals surface area contributed by atoms with Gasteiger partial charge in [0, 0.05) is 18.5 Å². The molecule has 4 nitrogen and oxygen atoms in total. The van der Waals surface area contributed by atoms with Crippen LogP contribution in [0.15, 0.2) is 20.4 Å². The second-order valence-electron chi connectivity index (χ2n) is 2.32. The summed E-state index contributed by atoms with van der Waals surface area (Å²) >= 11 is 3.23. The van der Waals surface area contributed by atoms with Crippen LogP contribution in [0.3, 0.4) is 0 Å². The molecule has 0 unspecified atom stereocenters. The van der Waals surface area contributed by atoms with Crippen LogP contribution in [0.25, 0.3) is 0 Å². The molecule has 0 aliphatic rings. The Kier molecular flexibility index (Phi) is 2.60. The van der Waals surface area contributed by atoms with Crippen molar-refractivity contribution in [2.75, 3.05) is 0 Å². The molecule has 68 valence electrons. The van der Waals surface area contributed by atoms with Crippen LogP contribution >= 0.6 is 23.1 Å². The van der Waals surface area contributed by atoms with E-state index in [1.54, 1.807) is 36.2 Å². The number of thiazole rings is 1. The third kappa shape index (κ3) is 2.28. The lowest BCUT2D eigenvalue weighted by atomic mass is 10.7. The number of rotatable bonds is 3. The third-order valence-corrected chi connectivity index (χ3v) is 3.27. The number of nitrogens with zero attached hydrogens (tertiary/aromatic N) is 3. The van der Waals surface area contributed by atoms with Crippen molar-refractivity contribution in [2.24, 2.45) is 0 Å². The summed E-state index contributed by atoms with van der Waals surface area (Å²) in [5, 5.41) is 5.73. The standard InChI is InChI=1S/C7H7N3OS2/c1-5-9-6(10-11-5)4-13-7-8-2-3-12-7/h2-3H,4H2,1H3. The van der Waals surface area contributed by atoms with Gasteiger partial charge < -0.3 is 4.52 Å². The first kappa shape index (κ1) is 8.71. The van der Waals surface area contributed by atoms with Gasteiger partial charge in [0.05, 0.1) is 5.75 Å². The van der Waals surface area contributed by atoms with Gasteiger partial charge in [-0.05, 0) is 0 Å². The Hall–Kier alpha value is -0.880. The predicted molar refractivity (Wildman–Crippen MR) is 50.7 cm³/mol. The van der Waals surface area contributed by atoms with Gasteiger partial charge in [0.2, 0.25) is 5.89 Å². The third-order valence-electron chi connectivity index (χ3n) is 1.30. The summed E-state index contributed by atoms with van der Waals surface area (Å²) in [6.07, 6.45) is 1.79. The molecule has 0 radical (unpaired) electrons. The van der Waals surface area contributed by atoms with Crippen LogP contribution in [0.4, 0.5) is 0 Å². The Morgan fingerprint density at radius 1 is 1.62 bits per heavy atom. The van der Waals surface area contributed by atoms with Gasteiger partial charge in [-0.1, -0.05) is 16.9 Å². The Bertz CT molecular complexity index is 371. The van der Waals surface area contributed by atoms with E-state index in [9.17, 15) is 0 Å². The number of thioether (sulfide) groups is 1. The molecule has 0 fully saturated rings. The summed E-state index contributed by atoms with van der Waals surface area (Å²) < 4.78 is 5.87. The zero-order valence-corrected chi connectivity index (χ0v) is 8.56. The van der Waals surface area contributed by atoms with Crippen molar-refractivity contribution < 1.29 is 4.52 Å². The normalized spacial score (nSPS) is 10.5. The van der Waals surface area contributed by atoms with Crippen LogP contribution < -0.4 is 0 Å². The van der Waals surface area contributed by atoms with Gasteiger partial charge in [0.15, 0.2) is 5.82 Å². The zero-order valence-electron chi connectivity index (χ0n) is 6.93. The highest BCUT2D eigenvalue weighted by molar-refractivity contribution is 8.00. The highest BCUT2D eigenvalue weighted by Gasteiger charge is 2.03. The minimum Gasteiger partial charge on any atom is -0.340 e. The predicted octanol–water partition coefficient (Wildman–Crippen LogP) is 2.13. The first-order valence-electron chi connectivity index (χ1n) is 3.66. The van der Waals surface area contributed by atoms with Gasteiger partial charge in [-0.25, -0.2) is 4.98 Å². The molecule has 13 heavy (non-hydrogen) atoms. The molecular formula is C7H7N3OS2. The average Bonchev–Trinajstić information content (AvgIpc) is 2.71. The van der Waals surface area contributed by atoms with Crippen LogP contribution in [0, 0.1) is 6.92 Å². The summed E-state index contributed by atoms with van der Waals surface area (Å²) in [6, 6.07) is 0. The SMILES string of the molecule is Cc1nc(CSc2nccs2)no1. The maximum atomic E-state index is 4.84. The maximum Gasteiger partial charge on any atom is 0.223 e. The van der Waals surface area contributed by atoms with Gasteiger partial charge in [-0.3, -0.25) is 0 Å². The van der Waals surface area contributed by atoms with Gasteiger partial charge in [-0.2, -0.15) is 4.98 Å². The van der Waals surface area contributed by atoms with Crippen molar-refractivity contribution in [3.8, 4) is 0 Å². The molecule has 0 spiro atoms. The highest BCUT2D eigenvalue weighted by atomic mass is 32.2. The van der Waals surface area contributed by atoms with Crippen molar-refractivity contribution in [3.05, 3.63) is 23.3 Å². The van der Waals surface area contributed by atoms with E-state index in [4.69, 9.17) is 4.52 Å². The van der Waals surface area contributed by atoms with Crippen molar-refractivity contribution in [2.45, 2.75) is 17.0 Å². The molecule has 2 rings (SSSR count). The van der Waals surface area contributed by atoms with Crippen LogP contribution in [-0.4, -0.2) is 15.1 Å². The van der Waals surface area contributed by atoms with Crippen LogP contribution in [0.5, 0.6) is 0 Å². The molecule has 2 aromatic rings. The monoisotopic (exact) mass is 213 g/mol. The second-order valence-corrected chi connectivity index (χ2v) is 4.43. The van der Waals surface area contributed by atoms with E-state index < -0.39 is 0 Å². The molecule has 0 atom stereocenters. The van der Waals surface area contributed by atoms with Gasteiger partial charge in [0.25, 0.3) is 0 Å². The van der Waals surface area contributed by atoms with Gasteiger partial charge in [-0.15, -0.1) is 11.3 Å². The van der Waals surface area contributed by atoms with Crippen LogP contribution in [-0.2, 0) is 5.75 Å². The molecule has 0 aliphatic heterocycles. The van der Waals surface area contributed by atoms with Gasteiger partial charge in [0.1, 0.15) is 4.34 Å². The van der Waals surface area contributed by atoms with E-state index in [-0.39, 0.29) is 0 Å². The van der Waals surface area contributed by atoms with Crippen LogP contribution in [0.1, 0.15) is 11.7 Å². The maximum absolute atomic E-state index is 4.84. The molecule has 0 saturated heterocycles. The molecule has 0 bridgehead atoms. The smallest absolute Gasteiger partial charge is 0.223 e. The fourth-order valence-corrected chi connectivity index (χ4v) is 2.29. The Morgan fingerprint density at radius 2 is 2.54 bits per heavy atom. The molecule has 2 aromatic heterocycles. The number of hydrogen-bond acceptors (Lipinski definition) is 6. The number of aryl methyl sites for hydroxylation is 1. The van der Waals surface area contributed by atoms with Gasteiger partial charge >= 0.3 is 0 Å². The van der Waals surface area contributed by atoms with E-state index >= 15 is 0 Å². The first-order valence-corrected chi connectivity index (χ1v) is 5.52. The number of aromatic nitrogens is 3. The molecular weight excluding hydrogens is 206 g/mol. The summed E-state index contributed by atoms with van der Waals surface area (Å²) in [5.74, 6) is 2.04. The molecule has 0 amide bonds. The topological polar surface area (TPSA) is 51.8 Å². The van der Waals surface area contributed by atoms with Crippen molar-refractivity contribution in [1.82, 2.24) is 15.1 Å². The zero-order chi connectivity index (χ0) is 9.10. The quantitative estimate of drug-likeness (QED) is 0.731. The number of hydrogen-bond donors (Lipinski definition) is 0. The van der Waals surface area contributed by atoms with Crippen molar-refractivity contribution in [3.63, 3.8) is 0 Å². The van der Waals surface area contributed by atoms with E-state index in [1.165, 1.54) is 0 Å². The Morgan fingerprint density at radius 3 is 3.15 bits per heavy atom. The lowest BCUT2D eigenvalue weighted by Gasteiger charge is -1.89. The lowest BCUT2D eigenvalue weighted by Crippen LogP contribution is -1.82. The average molecular weight is 213 g/mol. The molecule has 0 N–H and O–H groups in total. The molecule has 0 aliphatic carbocycles. The fraction of sp³-hybridized carbons (Fsp3) is 0.286. The molecule has 0 aromatic carbocycles. The first-order chi connectivity index (χ1) is 6.34. The lowest BCUT2D eigenvalue weighted by molar-refractivity contribution is 0.389. The fourth-order valence-electron chi connectivity index (χ4n) is 0.808. The van der Waals surface area contributed by atoms with E-state index in [0.29, 0.717) is 11.6 Å². The Labute approximate surface area is 83.4 Å². The summed E-state index contributed by atoms with van der Waals surface area (Å²) in [6.45, 7) is 1.78.